The van der Waals surface area contributed by atoms with E-state index in [1.807, 2.05) is 21.1 Å². The SMILES string of the molecule is CC/C=C\C/C=C\C/C=C\C/C=C\CCCCCCCCCCC(=O)NC(COP(=O)(O)OCC[N+](C)(C)C)C(O)CCCCCCCCCCCC. The molecule has 0 fully saturated rings. The quantitative estimate of drug-likeness (QED) is 0.0250. The van der Waals surface area contributed by atoms with Crippen LogP contribution in [0.25, 0.3) is 0 Å². The number of hydrogen-bond donors (Lipinski definition) is 3. The molecule has 0 saturated heterocycles. The van der Waals surface area contributed by atoms with E-state index in [4.69, 9.17) is 9.05 Å². The largest absolute Gasteiger partial charge is 0.472 e. The summed E-state index contributed by atoms with van der Waals surface area (Å²) in [7, 11) is 1.60. The van der Waals surface area contributed by atoms with Crippen molar-refractivity contribution in [2.45, 2.75) is 187 Å². The van der Waals surface area contributed by atoms with Crippen LogP contribution in [-0.4, -0.2) is 73.4 Å². The summed E-state index contributed by atoms with van der Waals surface area (Å²) in [6.07, 6.45) is 44.2. The highest BCUT2D eigenvalue weighted by Crippen LogP contribution is 2.43. The van der Waals surface area contributed by atoms with Gasteiger partial charge in [-0.2, -0.15) is 0 Å². The monoisotopic (exact) mass is 768 g/mol. The molecule has 0 aromatic rings. The van der Waals surface area contributed by atoms with Gasteiger partial charge < -0.3 is 19.8 Å². The lowest BCUT2D eigenvalue weighted by molar-refractivity contribution is -0.870. The van der Waals surface area contributed by atoms with Crippen molar-refractivity contribution in [2.24, 2.45) is 0 Å². The summed E-state index contributed by atoms with van der Waals surface area (Å²) < 4.78 is 23.5. The molecule has 0 heterocycles. The number of quaternary nitrogens is 1. The highest BCUT2D eigenvalue weighted by molar-refractivity contribution is 7.47. The van der Waals surface area contributed by atoms with Crippen LogP contribution in [-0.2, 0) is 18.4 Å². The second-order valence-corrected chi connectivity index (χ2v) is 17.1. The van der Waals surface area contributed by atoms with Crippen LogP contribution in [0.3, 0.4) is 0 Å². The number of hydrogen-bond acceptors (Lipinski definition) is 5. The molecule has 0 bridgehead atoms. The number of phosphoric acid groups is 1. The van der Waals surface area contributed by atoms with Gasteiger partial charge in [-0.25, -0.2) is 4.57 Å². The van der Waals surface area contributed by atoms with Gasteiger partial charge in [0, 0.05) is 6.42 Å². The van der Waals surface area contributed by atoms with Crippen molar-refractivity contribution >= 4 is 13.7 Å². The standard InChI is InChI=1S/C44H83N2O6P/c1-6-8-10-12-14-16-18-19-20-21-22-23-24-25-26-27-28-30-32-34-36-38-44(48)45-42(41-52-53(49,50)51-40-39-46(3,4)5)43(47)37-35-33-31-29-17-15-13-11-9-7-2/h8,10,14,16,19-20,22-23,42-43,47H,6-7,9,11-13,15,17-18,21,24-41H2,1-5H3,(H-,45,48,49,50)/p+1/b10-8-,16-14-,20-19-,23-22-. The van der Waals surface area contributed by atoms with E-state index in [0.29, 0.717) is 23.9 Å². The van der Waals surface area contributed by atoms with Crippen molar-refractivity contribution in [2.75, 3.05) is 40.9 Å². The normalized spacial score (nSPS) is 14.9. The minimum absolute atomic E-state index is 0.0709. The summed E-state index contributed by atoms with van der Waals surface area (Å²) in [5.41, 5.74) is 0. The molecule has 0 aromatic heterocycles. The minimum Gasteiger partial charge on any atom is -0.391 e. The number of carbonyl (C=O) groups excluding carboxylic acids is 1. The fourth-order valence-corrected chi connectivity index (χ4v) is 6.65. The molecule has 0 spiro atoms. The van der Waals surface area contributed by atoms with E-state index >= 15 is 0 Å². The molecule has 3 unspecified atom stereocenters. The van der Waals surface area contributed by atoms with Gasteiger partial charge >= 0.3 is 7.82 Å². The lowest BCUT2D eigenvalue weighted by atomic mass is 10.0. The van der Waals surface area contributed by atoms with Crippen molar-refractivity contribution < 1.29 is 32.9 Å². The van der Waals surface area contributed by atoms with E-state index in [1.165, 1.54) is 77.0 Å². The number of amides is 1. The molecular weight excluding hydrogens is 683 g/mol. The maximum absolute atomic E-state index is 12.9. The summed E-state index contributed by atoms with van der Waals surface area (Å²) in [4.78, 5) is 23.1. The number of rotatable bonds is 38. The van der Waals surface area contributed by atoms with Crippen LogP contribution in [0.15, 0.2) is 48.6 Å². The topological polar surface area (TPSA) is 105 Å². The first-order valence-corrected chi connectivity index (χ1v) is 23.0. The molecule has 0 radical (unpaired) electrons. The molecule has 9 heteroatoms. The first-order chi connectivity index (χ1) is 25.5. The number of carbonyl (C=O) groups is 1. The predicted octanol–water partition coefficient (Wildman–Crippen LogP) is 11.7. The van der Waals surface area contributed by atoms with E-state index in [9.17, 15) is 19.4 Å². The van der Waals surface area contributed by atoms with E-state index in [0.717, 1.165) is 70.6 Å². The van der Waals surface area contributed by atoms with Gasteiger partial charge in [-0.1, -0.05) is 165 Å². The zero-order valence-electron chi connectivity index (χ0n) is 35.0. The Balaban J connectivity index is 4.31. The molecule has 0 aromatic carbocycles. The Morgan fingerprint density at radius 2 is 1.13 bits per heavy atom. The Hall–Kier alpha value is -1.54. The highest BCUT2D eigenvalue weighted by Gasteiger charge is 2.28. The maximum Gasteiger partial charge on any atom is 0.472 e. The van der Waals surface area contributed by atoms with Crippen molar-refractivity contribution in [3.05, 3.63) is 48.6 Å². The number of unbranched alkanes of at least 4 members (excludes halogenated alkanes) is 17. The van der Waals surface area contributed by atoms with Gasteiger partial charge in [-0.15, -0.1) is 0 Å². The van der Waals surface area contributed by atoms with E-state index < -0.39 is 20.0 Å². The zero-order valence-corrected chi connectivity index (χ0v) is 35.9. The Labute approximate surface area is 327 Å². The van der Waals surface area contributed by atoms with Crippen molar-refractivity contribution in [3.8, 4) is 0 Å². The second kappa shape index (κ2) is 36.1. The number of allylic oxidation sites excluding steroid dienone is 8. The van der Waals surface area contributed by atoms with Crippen molar-refractivity contribution in [3.63, 3.8) is 0 Å². The average Bonchev–Trinajstić information content (AvgIpc) is 3.10. The van der Waals surface area contributed by atoms with Crippen molar-refractivity contribution in [1.29, 1.82) is 0 Å². The minimum atomic E-state index is -4.31. The number of aliphatic hydroxyl groups excluding tert-OH is 1. The molecule has 0 saturated carbocycles. The first-order valence-electron chi connectivity index (χ1n) is 21.5. The summed E-state index contributed by atoms with van der Waals surface area (Å²) in [6, 6.07) is -0.764. The molecule has 310 valence electrons. The maximum atomic E-state index is 12.9. The van der Waals surface area contributed by atoms with Crippen LogP contribution >= 0.6 is 7.82 Å². The fraction of sp³-hybridized carbons (Fsp3) is 0.795. The second-order valence-electron chi connectivity index (χ2n) is 15.7. The lowest BCUT2D eigenvalue weighted by Crippen LogP contribution is -2.46. The molecule has 0 aliphatic carbocycles. The molecule has 1 amide bonds. The van der Waals surface area contributed by atoms with Crippen molar-refractivity contribution in [1.82, 2.24) is 5.32 Å². The predicted molar refractivity (Wildman–Crippen MR) is 226 cm³/mol. The number of nitrogens with one attached hydrogen (secondary N) is 1. The molecule has 3 atom stereocenters. The van der Waals surface area contributed by atoms with Gasteiger partial charge in [0.05, 0.1) is 39.9 Å². The zero-order chi connectivity index (χ0) is 39.3. The van der Waals surface area contributed by atoms with Crippen LogP contribution in [0, 0.1) is 0 Å². The Kier molecular flexibility index (Phi) is 35.1. The van der Waals surface area contributed by atoms with Crippen LogP contribution < -0.4 is 5.32 Å². The molecule has 8 nitrogen and oxygen atoms in total. The van der Waals surface area contributed by atoms with Crippen LogP contribution in [0.4, 0.5) is 0 Å². The summed E-state index contributed by atoms with van der Waals surface area (Å²) in [5, 5.41) is 13.9. The van der Waals surface area contributed by atoms with E-state index in [1.54, 1.807) is 0 Å². The Morgan fingerprint density at radius 1 is 0.660 bits per heavy atom. The van der Waals surface area contributed by atoms with Crippen LogP contribution in [0.5, 0.6) is 0 Å². The summed E-state index contributed by atoms with van der Waals surface area (Å²) in [5.74, 6) is -0.157. The third kappa shape index (κ3) is 38.5. The molecule has 0 aliphatic heterocycles. The van der Waals surface area contributed by atoms with Gasteiger partial charge in [-0.05, 0) is 51.4 Å². The molecular formula is C44H84N2O6P+. The molecule has 0 rings (SSSR count). The first kappa shape index (κ1) is 51.5. The molecule has 0 aliphatic rings. The average molecular weight is 768 g/mol. The number of nitrogens with zero attached hydrogens (tertiary/aromatic N) is 1. The Morgan fingerprint density at radius 3 is 1.66 bits per heavy atom. The molecule has 3 N–H and O–H groups in total. The fourth-order valence-electron chi connectivity index (χ4n) is 5.92. The number of aliphatic hydroxyl groups is 1. The van der Waals surface area contributed by atoms with Crippen LogP contribution in [0.1, 0.15) is 174 Å². The van der Waals surface area contributed by atoms with E-state index in [2.05, 4.69) is 67.8 Å². The summed E-state index contributed by atoms with van der Waals surface area (Å²) >= 11 is 0. The number of likely N-dealkylation sites (N-methyl/N-ethyl adjacent to an activating group) is 1. The van der Waals surface area contributed by atoms with Crippen LogP contribution in [0.2, 0.25) is 0 Å². The van der Waals surface area contributed by atoms with E-state index in [-0.39, 0.29) is 19.1 Å². The smallest absolute Gasteiger partial charge is 0.391 e. The lowest BCUT2D eigenvalue weighted by Gasteiger charge is -2.26. The highest BCUT2D eigenvalue weighted by atomic mass is 31.2. The van der Waals surface area contributed by atoms with Gasteiger partial charge in [-0.3, -0.25) is 13.8 Å². The van der Waals surface area contributed by atoms with Gasteiger partial charge in [0.2, 0.25) is 5.91 Å². The Bertz CT molecular complexity index is 1010. The third-order valence-electron chi connectivity index (χ3n) is 9.34. The third-order valence-corrected chi connectivity index (χ3v) is 10.3. The van der Waals surface area contributed by atoms with Gasteiger partial charge in [0.15, 0.2) is 0 Å². The van der Waals surface area contributed by atoms with Gasteiger partial charge in [0.25, 0.3) is 0 Å². The number of phosphoric ester groups is 1. The van der Waals surface area contributed by atoms with Gasteiger partial charge in [0.1, 0.15) is 13.2 Å². The summed E-state index contributed by atoms with van der Waals surface area (Å²) in [6.45, 7) is 4.73. The molecule has 53 heavy (non-hydrogen) atoms.